The maximum absolute atomic E-state index is 11.8. The number of hydrogen-bond acceptors (Lipinski definition) is 5. The predicted octanol–water partition coefficient (Wildman–Crippen LogP) is -1.66. The van der Waals surface area contributed by atoms with E-state index in [4.69, 9.17) is 11.1 Å². The predicted molar refractivity (Wildman–Crippen MR) is 68.4 cm³/mol. The smallest absolute Gasteiger partial charge is 0.216 e. The molecule has 102 valence electrons. The second-order valence-corrected chi connectivity index (χ2v) is 4.31. The van der Waals surface area contributed by atoms with Crippen LogP contribution in [0.3, 0.4) is 0 Å². The lowest BCUT2D eigenvalue weighted by atomic mass is 10.0. The lowest BCUT2D eigenvalue weighted by Gasteiger charge is -2.15. The van der Waals surface area contributed by atoms with Crippen LogP contribution in [0.5, 0.6) is 0 Å². The average Bonchev–Trinajstić information content (AvgIpc) is 2.40. The standard InChI is InChI=1S/C11H21N5O2/c12-11(13)16-5-1-3-8-10(18)9(17)7-14-4-2-6-15-8/h8,14-15H,1-7H2,(H4,12,13,16)/t8-/m0/s1. The lowest BCUT2D eigenvalue weighted by molar-refractivity contribution is -0.137. The summed E-state index contributed by atoms with van der Waals surface area (Å²) in [5.41, 5.74) is 5.15. The van der Waals surface area contributed by atoms with E-state index in [0.717, 1.165) is 19.5 Å². The Morgan fingerprint density at radius 1 is 1.44 bits per heavy atom. The fourth-order valence-electron chi connectivity index (χ4n) is 1.83. The van der Waals surface area contributed by atoms with Crippen molar-refractivity contribution in [3.05, 3.63) is 0 Å². The highest BCUT2D eigenvalue weighted by atomic mass is 16.2. The summed E-state index contributed by atoms with van der Waals surface area (Å²) in [6.45, 7) is 2.12. The summed E-state index contributed by atoms with van der Waals surface area (Å²) in [6, 6.07) is -0.411. The van der Waals surface area contributed by atoms with Crippen molar-refractivity contribution in [2.75, 3.05) is 26.2 Å². The Morgan fingerprint density at radius 3 is 2.94 bits per heavy atom. The normalized spacial score (nSPS) is 21.9. The van der Waals surface area contributed by atoms with Gasteiger partial charge in [-0.2, -0.15) is 0 Å². The molecule has 1 fully saturated rings. The molecule has 18 heavy (non-hydrogen) atoms. The van der Waals surface area contributed by atoms with Crippen molar-refractivity contribution in [3.8, 4) is 0 Å². The first-order valence-corrected chi connectivity index (χ1v) is 6.20. The molecule has 0 saturated carbocycles. The summed E-state index contributed by atoms with van der Waals surface area (Å²) in [7, 11) is 0. The molecule has 1 atom stereocenters. The monoisotopic (exact) mass is 255 g/mol. The summed E-state index contributed by atoms with van der Waals surface area (Å²) in [5.74, 6) is -0.801. The third-order valence-electron chi connectivity index (χ3n) is 2.78. The largest absolute Gasteiger partial charge is 0.370 e. The molecule has 6 N–H and O–H groups in total. The molecular weight excluding hydrogens is 234 g/mol. The summed E-state index contributed by atoms with van der Waals surface area (Å²) < 4.78 is 0. The van der Waals surface area contributed by atoms with Crippen LogP contribution in [0.4, 0.5) is 0 Å². The van der Waals surface area contributed by atoms with Crippen molar-refractivity contribution in [1.82, 2.24) is 16.0 Å². The van der Waals surface area contributed by atoms with Crippen LogP contribution in [0.1, 0.15) is 19.3 Å². The van der Waals surface area contributed by atoms with Gasteiger partial charge in [-0.3, -0.25) is 15.0 Å². The van der Waals surface area contributed by atoms with Gasteiger partial charge in [-0.25, -0.2) is 0 Å². The van der Waals surface area contributed by atoms with Gasteiger partial charge in [-0.1, -0.05) is 0 Å². The fraction of sp³-hybridized carbons (Fsp3) is 0.727. The number of carbonyl (C=O) groups excluding carboxylic acids is 2. The number of guanidine groups is 1. The van der Waals surface area contributed by atoms with Gasteiger partial charge >= 0.3 is 0 Å². The molecule has 0 radical (unpaired) electrons. The number of ketones is 2. The van der Waals surface area contributed by atoms with Crippen molar-refractivity contribution >= 4 is 17.5 Å². The Labute approximate surface area is 106 Å². The van der Waals surface area contributed by atoms with Crippen molar-refractivity contribution in [2.24, 2.45) is 5.73 Å². The zero-order chi connectivity index (χ0) is 13.4. The second-order valence-electron chi connectivity index (χ2n) is 4.31. The Kier molecular flexibility index (Phi) is 6.31. The summed E-state index contributed by atoms with van der Waals surface area (Å²) >= 11 is 0. The van der Waals surface area contributed by atoms with Crippen molar-refractivity contribution in [1.29, 1.82) is 5.41 Å². The minimum Gasteiger partial charge on any atom is -0.370 e. The van der Waals surface area contributed by atoms with E-state index >= 15 is 0 Å². The van der Waals surface area contributed by atoms with Gasteiger partial charge in [0, 0.05) is 6.54 Å². The van der Waals surface area contributed by atoms with Gasteiger partial charge in [0.15, 0.2) is 5.96 Å². The SMILES string of the molecule is N=C(N)NCCC[C@@H]1NCCCNCC(=O)C1=O. The van der Waals surface area contributed by atoms with Crippen LogP contribution in [0.2, 0.25) is 0 Å². The van der Waals surface area contributed by atoms with E-state index in [1.54, 1.807) is 0 Å². The molecule has 0 aromatic carbocycles. The summed E-state index contributed by atoms with van der Waals surface area (Å²) in [6.07, 6.45) is 2.15. The van der Waals surface area contributed by atoms with Crippen LogP contribution in [0, 0.1) is 5.41 Å². The highest BCUT2D eigenvalue weighted by Gasteiger charge is 2.24. The van der Waals surface area contributed by atoms with Crippen LogP contribution in [-0.2, 0) is 9.59 Å². The molecule has 1 aliphatic rings. The zero-order valence-corrected chi connectivity index (χ0v) is 10.4. The third-order valence-corrected chi connectivity index (χ3v) is 2.78. The van der Waals surface area contributed by atoms with E-state index in [0.29, 0.717) is 19.4 Å². The van der Waals surface area contributed by atoms with Crippen LogP contribution in [-0.4, -0.2) is 49.7 Å². The number of nitrogens with two attached hydrogens (primary N) is 1. The molecule has 0 spiro atoms. The van der Waals surface area contributed by atoms with Crippen LogP contribution < -0.4 is 21.7 Å². The highest BCUT2D eigenvalue weighted by molar-refractivity contribution is 6.39. The number of hydrogen-bond donors (Lipinski definition) is 5. The van der Waals surface area contributed by atoms with Crippen molar-refractivity contribution in [2.45, 2.75) is 25.3 Å². The van der Waals surface area contributed by atoms with Crippen molar-refractivity contribution in [3.63, 3.8) is 0 Å². The van der Waals surface area contributed by atoms with E-state index in [-0.39, 0.29) is 24.1 Å². The van der Waals surface area contributed by atoms with E-state index in [1.807, 2.05) is 0 Å². The topological polar surface area (TPSA) is 120 Å². The number of rotatable bonds is 4. The van der Waals surface area contributed by atoms with Crippen LogP contribution >= 0.6 is 0 Å². The molecule has 7 nitrogen and oxygen atoms in total. The molecule has 0 amide bonds. The van der Waals surface area contributed by atoms with E-state index in [1.165, 1.54) is 0 Å². The highest BCUT2D eigenvalue weighted by Crippen LogP contribution is 2.01. The fourth-order valence-corrected chi connectivity index (χ4v) is 1.83. The van der Waals surface area contributed by atoms with E-state index in [9.17, 15) is 9.59 Å². The van der Waals surface area contributed by atoms with E-state index < -0.39 is 6.04 Å². The minimum atomic E-state index is -0.411. The number of nitrogens with one attached hydrogen (secondary N) is 4. The third kappa shape index (κ3) is 5.24. The average molecular weight is 255 g/mol. The Bertz CT molecular complexity index is 319. The van der Waals surface area contributed by atoms with E-state index in [2.05, 4.69) is 16.0 Å². The molecular formula is C11H21N5O2. The van der Waals surface area contributed by atoms with Crippen LogP contribution in [0.15, 0.2) is 0 Å². The Balaban J connectivity index is 2.40. The lowest BCUT2D eigenvalue weighted by Crippen LogP contribution is -2.42. The zero-order valence-electron chi connectivity index (χ0n) is 10.4. The molecule has 0 aliphatic carbocycles. The first kappa shape index (κ1) is 14.6. The number of Topliss-reactive ketones (excluding diaryl/α,β-unsaturated/α-hetero) is 2. The first-order chi connectivity index (χ1) is 8.61. The maximum Gasteiger partial charge on any atom is 0.216 e. The molecule has 1 saturated heterocycles. The molecule has 0 unspecified atom stereocenters. The maximum atomic E-state index is 11.8. The Hall–Kier alpha value is -1.47. The summed E-state index contributed by atoms with van der Waals surface area (Å²) in [5, 5.41) is 15.7. The van der Waals surface area contributed by atoms with Gasteiger partial charge in [0.25, 0.3) is 0 Å². The summed E-state index contributed by atoms with van der Waals surface area (Å²) in [4.78, 5) is 23.4. The minimum absolute atomic E-state index is 0.0796. The molecule has 0 aromatic rings. The van der Waals surface area contributed by atoms with Crippen molar-refractivity contribution < 1.29 is 9.59 Å². The molecule has 7 heteroatoms. The van der Waals surface area contributed by atoms with Gasteiger partial charge in [0.1, 0.15) is 0 Å². The van der Waals surface area contributed by atoms with Gasteiger partial charge in [-0.05, 0) is 32.4 Å². The molecule has 1 aliphatic heterocycles. The molecule has 0 bridgehead atoms. The van der Waals surface area contributed by atoms with Gasteiger partial charge in [-0.15, -0.1) is 0 Å². The van der Waals surface area contributed by atoms with Crippen LogP contribution in [0.25, 0.3) is 0 Å². The quantitative estimate of drug-likeness (QED) is 0.177. The molecule has 1 heterocycles. The van der Waals surface area contributed by atoms with Gasteiger partial charge < -0.3 is 21.7 Å². The van der Waals surface area contributed by atoms with Gasteiger partial charge in [0.05, 0.1) is 12.6 Å². The Morgan fingerprint density at radius 2 is 2.22 bits per heavy atom. The molecule has 0 aromatic heterocycles. The molecule has 1 rings (SSSR count). The first-order valence-electron chi connectivity index (χ1n) is 6.20. The van der Waals surface area contributed by atoms with Gasteiger partial charge in [0.2, 0.25) is 11.6 Å². The second kappa shape index (κ2) is 7.78. The number of carbonyl (C=O) groups is 2.